The van der Waals surface area contributed by atoms with Gasteiger partial charge in [-0.05, 0) is 24.1 Å². The van der Waals surface area contributed by atoms with Crippen molar-refractivity contribution in [2.24, 2.45) is 5.92 Å². The van der Waals surface area contributed by atoms with Gasteiger partial charge < -0.3 is 19.7 Å². The van der Waals surface area contributed by atoms with Gasteiger partial charge in [-0.25, -0.2) is 4.79 Å². The number of hydrogen-bond acceptors (Lipinski definition) is 6. The molecule has 0 spiro atoms. The van der Waals surface area contributed by atoms with Gasteiger partial charge in [-0.1, -0.05) is 48.5 Å². The molecular weight excluding hydrogens is 408 g/mol. The SMILES string of the molecule is CC(=O)OC1CC(C(C(C)=O)C2CNc3ccccc32)N(C(=O)OCc2ccccc2)C1. The van der Waals surface area contributed by atoms with E-state index in [1.165, 1.54) is 6.92 Å². The minimum absolute atomic E-state index is 0.00263. The van der Waals surface area contributed by atoms with Gasteiger partial charge >= 0.3 is 12.1 Å². The van der Waals surface area contributed by atoms with Gasteiger partial charge in [0.2, 0.25) is 0 Å². The number of likely N-dealkylation sites (tertiary alicyclic amines) is 1. The molecule has 32 heavy (non-hydrogen) atoms. The van der Waals surface area contributed by atoms with Crippen molar-refractivity contribution in [3.8, 4) is 0 Å². The second-order valence-electron chi connectivity index (χ2n) is 8.44. The molecule has 0 saturated carbocycles. The summed E-state index contributed by atoms with van der Waals surface area (Å²) < 4.78 is 11.0. The quantitative estimate of drug-likeness (QED) is 0.695. The van der Waals surface area contributed by atoms with Gasteiger partial charge in [0.1, 0.15) is 18.5 Å². The largest absolute Gasteiger partial charge is 0.461 e. The monoisotopic (exact) mass is 436 g/mol. The van der Waals surface area contributed by atoms with E-state index in [-0.39, 0.29) is 24.9 Å². The van der Waals surface area contributed by atoms with Crippen LogP contribution >= 0.6 is 0 Å². The Morgan fingerprint density at radius 1 is 1.06 bits per heavy atom. The molecule has 0 aromatic heterocycles. The number of ketones is 1. The fourth-order valence-electron chi connectivity index (χ4n) is 4.95. The summed E-state index contributed by atoms with van der Waals surface area (Å²) in [6.07, 6.45) is -0.560. The van der Waals surface area contributed by atoms with Crippen molar-refractivity contribution in [1.29, 1.82) is 0 Å². The fraction of sp³-hybridized carbons (Fsp3) is 0.400. The smallest absolute Gasteiger partial charge is 0.410 e. The van der Waals surface area contributed by atoms with Crippen molar-refractivity contribution in [3.05, 3.63) is 65.7 Å². The predicted octanol–water partition coefficient (Wildman–Crippen LogP) is 3.74. The molecule has 4 rings (SSSR count). The highest BCUT2D eigenvalue weighted by atomic mass is 16.6. The van der Waals surface area contributed by atoms with Crippen LogP contribution in [-0.2, 0) is 25.7 Å². The minimum atomic E-state index is -0.501. The number of amides is 1. The number of esters is 1. The summed E-state index contributed by atoms with van der Waals surface area (Å²) in [5.41, 5.74) is 2.96. The van der Waals surface area contributed by atoms with Crippen LogP contribution in [0.2, 0.25) is 0 Å². The zero-order chi connectivity index (χ0) is 22.7. The first-order chi connectivity index (χ1) is 15.4. The molecule has 1 saturated heterocycles. The van der Waals surface area contributed by atoms with E-state index in [0.29, 0.717) is 13.0 Å². The number of Topliss-reactive ketones (excluding diaryl/α,β-unsaturated/α-hetero) is 1. The van der Waals surface area contributed by atoms with E-state index >= 15 is 0 Å². The van der Waals surface area contributed by atoms with Crippen LogP contribution in [0.1, 0.15) is 37.3 Å². The van der Waals surface area contributed by atoms with Crippen molar-refractivity contribution >= 4 is 23.5 Å². The molecule has 2 aromatic carbocycles. The number of benzene rings is 2. The number of carbonyl (C=O) groups excluding carboxylic acids is 3. The van der Waals surface area contributed by atoms with Gasteiger partial charge in [0.05, 0.1) is 6.54 Å². The molecule has 2 aliphatic rings. The Hall–Kier alpha value is -3.35. The Balaban J connectivity index is 1.58. The van der Waals surface area contributed by atoms with Crippen LogP contribution in [0.5, 0.6) is 0 Å². The topological polar surface area (TPSA) is 84.9 Å². The average Bonchev–Trinajstić information content (AvgIpc) is 3.37. The lowest BCUT2D eigenvalue weighted by Gasteiger charge is -2.32. The predicted molar refractivity (Wildman–Crippen MR) is 119 cm³/mol. The van der Waals surface area contributed by atoms with Crippen LogP contribution in [0.3, 0.4) is 0 Å². The van der Waals surface area contributed by atoms with Crippen LogP contribution in [0.4, 0.5) is 10.5 Å². The Labute approximate surface area is 187 Å². The van der Waals surface area contributed by atoms with E-state index in [9.17, 15) is 14.4 Å². The Morgan fingerprint density at radius 2 is 1.78 bits per heavy atom. The zero-order valence-electron chi connectivity index (χ0n) is 18.3. The number of hydrogen-bond donors (Lipinski definition) is 1. The highest BCUT2D eigenvalue weighted by molar-refractivity contribution is 5.82. The minimum Gasteiger partial charge on any atom is -0.461 e. The molecular formula is C25H28N2O5. The van der Waals surface area contributed by atoms with Crippen molar-refractivity contribution in [3.63, 3.8) is 0 Å². The van der Waals surface area contributed by atoms with Crippen LogP contribution in [0.15, 0.2) is 54.6 Å². The number of anilines is 1. The van der Waals surface area contributed by atoms with E-state index in [1.54, 1.807) is 11.8 Å². The van der Waals surface area contributed by atoms with E-state index < -0.39 is 30.1 Å². The summed E-state index contributed by atoms with van der Waals surface area (Å²) >= 11 is 0. The van der Waals surface area contributed by atoms with Gasteiger partial charge in [0.15, 0.2) is 0 Å². The second kappa shape index (κ2) is 9.42. The zero-order valence-corrected chi connectivity index (χ0v) is 18.3. The third-order valence-corrected chi connectivity index (χ3v) is 6.27. The van der Waals surface area contributed by atoms with Crippen molar-refractivity contribution in [1.82, 2.24) is 4.90 Å². The van der Waals surface area contributed by atoms with E-state index in [1.807, 2.05) is 54.6 Å². The molecule has 4 unspecified atom stereocenters. The van der Waals surface area contributed by atoms with Gasteiger partial charge in [0, 0.05) is 43.5 Å². The molecule has 0 bridgehead atoms. The number of fused-ring (bicyclic) bond motifs is 1. The first-order valence-electron chi connectivity index (χ1n) is 10.9. The van der Waals surface area contributed by atoms with Gasteiger partial charge in [-0.3, -0.25) is 9.59 Å². The summed E-state index contributed by atoms with van der Waals surface area (Å²) in [6, 6.07) is 16.9. The molecule has 2 aromatic rings. The van der Waals surface area contributed by atoms with Crippen molar-refractivity contribution in [2.45, 2.75) is 44.9 Å². The van der Waals surface area contributed by atoms with Crippen LogP contribution in [0, 0.1) is 5.92 Å². The first kappa shape index (κ1) is 21.9. The molecule has 2 heterocycles. The normalized spacial score (nSPS) is 22.6. The maximum Gasteiger partial charge on any atom is 0.410 e. The number of carbonyl (C=O) groups is 3. The molecule has 0 aliphatic carbocycles. The lowest BCUT2D eigenvalue weighted by Crippen LogP contribution is -2.45. The molecule has 1 fully saturated rings. The highest BCUT2D eigenvalue weighted by Crippen LogP contribution is 2.42. The van der Waals surface area contributed by atoms with Gasteiger partial charge in [-0.15, -0.1) is 0 Å². The van der Waals surface area contributed by atoms with E-state index in [4.69, 9.17) is 9.47 Å². The lowest BCUT2D eigenvalue weighted by molar-refractivity contribution is -0.145. The molecule has 7 heteroatoms. The Bertz CT molecular complexity index is 993. The van der Waals surface area contributed by atoms with E-state index in [2.05, 4.69) is 5.32 Å². The van der Waals surface area contributed by atoms with Gasteiger partial charge in [0.25, 0.3) is 0 Å². The number of nitrogens with zero attached hydrogens (tertiary/aromatic N) is 1. The number of ether oxygens (including phenoxy) is 2. The summed E-state index contributed by atoms with van der Waals surface area (Å²) in [5.74, 6) is -0.909. The molecule has 1 N–H and O–H groups in total. The molecule has 2 aliphatic heterocycles. The number of para-hydroxylation sites is 1. The van der Waals surface area contributed by atoms with Crippen LogP contribution < -0.4 is 5.32 Å². The summed E-state index contributed by atoms with van der Waals surface area (Å²) in [7, 11) is 0. The standard InChI is InChI=1S/C25H28N2O5/c1-16(28)24(21-13-26-22-11-7-6-10-20(21)22)23-12-19(32-17(2)29)14-27(23)25(30)31-15-18-8-4-3-5-9-18/h3-11,19,21,23-24,26H,12-15H2,1-2H3. The second-order valence-corrected chi connectivity index (χ2v) is 8.44. The average molecular weight is 437 g/mol. The Morgan fingerprint density at radius 3 is 2.50 bits per heavy atom. The maximum atomic E-state index is 13.1. The van der Waals surface area contributed by atoms with Crippen molar-refractivity contribution in [2.75, 3.05) is 18.4 Å². The van der Waals surface area contributed by atoms with Gasteiger partial charge in [-0.2, -0.15) is 0 Å². The summed E-state index contributed by atoms with van der Waals surface area (Å²) in [5, 5.41) is 3.37. The van der Waals surface area contributed by atoms with Crippen molar-refractivity contribution < 1.29 is 23.9 Å². The number of rotatable bonds is 6. The fourth-order valence-corrected chi connectivity index (χ4v) is 4.95. The number of nitrogens with one attached hydrogen (secondary N) is 1. The van der Waals surface area contributed by atoms with E-state index in [0.717, 1.165) is 16.8 Å². The van der Waals surface area contributed by atoms with Crippen LogP contribution in [-0.4, -0.2) is 48.0 Å². The third-order valence-electron chi connectivity index (χ3n) is 6.27. The van der Waals surface area contributed by atoms with Crippen LogP contribution in [0.25, 0.3) is 0 Å². The Kier molecular flexibility index (Phi) is 6.44. The lowest BCUT2D eigenvalue weighted by atomic mass is 9.79. The summed E-state index contributed by atoms with van der Waals surface area (Å²) in [6.45, 7) is 3.89. The highest BCUT2D eigenvalue weighted by Gasteiger charge is 2.47. The molecule has 168 valence electrons. The maximum absolute atomic E-state index is 13.1. The molecule has 0 radical (unpaired) electrons. The summed E-state index contributed by atoms with van der Waals surface area (Å²) in [4.78, 5) is 39.1. The third kappa shape index (κ3) is 4.61. The molecule has 4 atom stereocenters. The molecule has 7 nitrogen and oxygen atoms in total. The molecule has 1 amide bonds. The first-order valence-corrected chi connectivity index (χ1v) is 10.9.